The number of carbonyl (C=O) groups is 3. The maximum Gasteiger partial charge on any atom is 0.335 e. The van der Waals surface area contributed by atoms with Gasteiger partial charge in [-0.15, -0.1) is 0 Å². The van der Waals surface area contributed by atoms with Crippen molar-refractivity contribution in [1.82, 2.24) is 0 Å². The minimum Gasteiger partial charge on any atom is -0.479 e. The molecule has 9 fully saturated rings. The number of fused-ring (bicyclic) bond motifs is 1. The highest BCUT2D eigenvalue weighted by atomic mass is 16.8. The molecule has 20 N–H and O–H groups in total. The molecule has 36 unspecified atom stereocenters. The summed E-state index contributed by atoms with van der Waals surface area (Å²) < 4.78 is 65.6. The van der Waals surface area contributed by atoms with Crippen LogP contribution in [0.4, 0.5) is 0 Å². The Morgan fingerprint density at radius 3 is 1.53 bits per heavy atom. The van der Waals surface area contributed by atoms with Crippen molar-refractivity contribution in [3.63, 3.8) is 0 Å². The lowest BCUT2D eigenvalue weighted by atomic mass is 9.72. The minimum absolute atomic E-state index is 0.0947. The van der Waals surface area contributed by atoms with Crippen molar-refractivity contribution in [3.8, 4) is 0 Å². The van der Waals surface area contributed by atoms with Gasteiger partial charge in [-0.3, -0.25) is 0 Å². The second-order valence-corrected chi connectivity index (χ2v) is 25.4. The Kier molecular flexibility index (Phi) is 24.8. The van der Waals surface area contributed by atoms with Gasteiger partial charge in [0.05, 0.1) is 80.4 Å². The van der Waals surface area contributed by atoms with Gasteiger partial charge < -0.3 is 154 Å². The SMILES string of the molecule is O=C(C=CC1CCC(O)C(O)C1)OCC1OC(OC2CC(O)C3CC(OC4OC(CO)C(O)C(O)C4OC4OC(CO)C(O)C(O)C4OC(=O)C=CC4CCC(O)C(O)C4)C(C4CC(O)C(O)C(OC5OC(C(=O)O)C(O)C(O)C5O)C4)OC3C2)C(O)C(O)C1O. The maximum atomic E-state index is 13.4. The summed E-state index contributed by atoms with van der Waals surface area (Å²) in [4.78, 5) is 38.2. The number of hydrogen-bond acceptors (Lipinski definition) is 33. The largest absolute Gasteiger partial charge is 0.479 e. The van der Waals surface area contributed by atoms with Crippen molar-refractivity contribution >= 4 is 17.9 Å². The molecule has 4 saturated carbocycles. The van der Waals surface area contributed by atoms with E-state index in [0.717, 1.165) is 12.2 Å². The van der Waals surface area contributed by atoms with Crippen LogP contribution < -0.4 is 0 Å². The zero-order chi connectivity index (χ0) is 66.0. The van der Waals surface area contributed by atoms with Gasteiger partial charge in [0, 0.05) is 30.9 Å². The van der Waals surface area contributed by atoms with Crippen LogP contribution >= 0.6 is 0 Å². The highest BCUT2D eigenvalue weighted by molar-refractivity contribution is 5.82. The van der Waals surface area contributed by atoms with Crippen LogP contribution in [0.5, 0.6) is 0 Å². The van der Waals surface area contributed by atoms with E-state index in [1.165, 1.54) is 12.2 Å². The van der Waals surface area contributed by atoms with E-state index in [1.54, 1.807) is 0 Å². The predicted molar refractivity (Wildman–Crippen MR) is 291 cm³/mol. The number of carboxylic acid groups (broad SMARTS) is 1. The molecule has 34 nitrogen and oxygen atoms in total. The van der Waals surface area contributed by atoms with Gasteiger partial charge in [-0.05, 0) is 75.5 Å². The predicted octanol–water partition coefficient (Wildman–Crippen LogP) is -9.22. The lowest BCUT2D eigenvalue weighted by Gasteiger charge is -2.53. The van der Waals surface area contributed by atoms with Crippen LogP contribution in [-0.2, 0) is 66.5 Å². The van der Waals surface area contributed by atoms with E-state index in [1.807, 2.05) is 0 Å². The molecule has 36 atom stereocenters. The van der Waals surface area contributed by atoms with Crippen LogP contribution in [0, 0.1) is 23.7 Å². The van der Waals surface area contributed by atoms with Gasteiger partial charge in [-0.2, -0.15) is 0 Å². The number of carboxylic acids is 1. The van der Waals surface area contributed by atoms with Crippen molar-refractivity contribution in [2.75, 3.05) is 19.8 Å². The summed E-state index contributed by atoms with van der Waals surface area (Å²) in [5.41, 5.74) is 0. The summed E-state index contributed by atoms with van der Waals surface area (Å²) in [7, 11) is 0. The van der Waals surface area contributed by atoms with E-state index in [0.29, 0.717) is 19.3 Å². The van der Waals surface area contributed by atoms with Crippen molar-refractivity contribution in [1.29, 1.82) is 0 Å². The number of allylic oxidation sites excluding steroid dienone is 2. The van der Waals surface area contributed by atoms with Crippen LogP contribution in [0.2, 0.25) is 0 Å². The summed E-state index contributed by atoms with van der Waals surface area (Å²) in [6.07, 6.45) is -48.9. The quantitative estimate of drug-likeness (QED) is 0.0422. The fourth-order valence-electron chi connectivity index (χ4n) is 13.8. The molecule has 5 aliphatic heterocycles. The van der Waals surface area contributed by atoms with Crippen molar-refractivity contribution in [3.05, 3.63) is 24.3 Å². The number of esters is 2. The average molecular weight is 1320 g/mol. The Hall–Kier alpha value is -3.23. The number of aliphatic hydroxyl groups is 19. The minimum atomic E-state index is -2.14. The van der Waals surface area contributed by atoms with E-state index in [2.05, 4.69) is 0 Å². The van der Waals surface area contributed by atoms with Crippen molar-refractivity contribution in [2.45, 2.75) is 267 Å². The van der Waals surface area contributed by atoms with Crippen molar-refractivity contribution < 1.29 is 169 Å². The zero-order valence-electron chi connectivity index (χ0n) is 49.2. The Balaban J connectivity index is 0.961. The van der Waals surface area contributed by atoms with Gasteiger partial charge in [0.2, 0.25) is 0 Å². The first kappa shape index (κ1) is 72.0. The van der Waals surface area contributed by atoms with E-state index in [-0.39, 0.29) is 57.3 Å². The number of ether oxygens (including phenoxy) is 11. The van der Waals surface area contributed by atoms with Crippen molar-refractivity contribution in [2.24, 2.45) is 23.7 Å². The van der Waals surface area contributed by atoms with Gasteiger partial charge in [0.15, 0.2) is 37.4 Å². The second kappa shape index (κ2) is 31.3. The summed E-state index contributed by atoms with van der Waals surface area (Å²) in [5.74, 6) is -6.42. The molecule has 9 rings (SSSR count). The molecule has 91 heavy (non-hydrogen) atoms. The molecule has 520 valence electrons. The molecular weight excluding hydrogens is 1230 g/mol. The van der Waals surface area contributed by atoms with Crippen LogP contribution in [0.1, 0.15) is 70.6 Å². The first-order chi connectivity index (χ1) is 43.2. The molecule has 0 bridgehead atoms. The van der Waals surface area contributed by atoms with E-state index >= 15 is 0 Å². The van der Waals surface area contributed by atoms with E-state index in [4.69, 9.17) is 52.1 Å². The third kappa shape index (κ3) is 16.6. The smallest absolute Gasteiger partial charge is 0.335 e. The summed E-state index contributed by atoms with van der Waals surface area (Å²) in [6, 6.07) is 0. The fraction of sp³-hybridized carbons (Fsp3) is 0.877. The normalized spacial score (nSPS) is 50.1. The van der Waals surface area contributed by atoms with Gasteiger partial charge in [0.25, 0.3) is 0 Å². The Labute approximate surface area is 519 Å². The number of hydrogen-bond donors (Lipinski definition) is 20. The number of carbonyl (C=O) groups excluding carboxylic acids is 2. The molecule has 0 aromatic heterocycles. The first-order valence-corrected chi connectivity index (χ1v) is 30.8. The molecule has 0 aromatic carbocycles. The lowest BCUT2D eigenvalue weighted by molar-refractivity contribution is -0.380. The number of rotatable bonds is 19. The van der Waals surface area contributed by atoms with Crippen LogP contribution in [0.3, 0.4) is 0 Å². The number of aliphatic carboxylic acids is 1. The molecule has 0 aromatic rings. The molecule has 0 spiro atoms. The molecule has 4 aliphatic carbocycles. The van der Waals surface area contributed by atoms with Gasteiger partial charge >= 0.3 is 17.9 Å². The van der Waals surface area contributed by atoms with E-state index in [9.17, 15) is 117 Å². The topological polar surface area (TPSA) is 557 Å². The van der Waals surface area contributed by atoms with Gasteiger partial charge in [0.1, 0.15) is 98.2 Å². The average Bonchev–Trinajstić information content (AvgIpc) is 1.47. The molecule has 34 heteroatoms. The first-order valence-electron chi connectivity index (χ1n) is 30.8. The zero-order valence-corrected chi connectivity index (χ0v) is 49.2. The fourth-order valence-corrected chi connectivity index (χ4v) is 13.8. The molecule has 5 saturated heterocycles. The lowest BCUT2D eigenvalue weighted by Crippen LogP contribution is -2.66. The summed E-state index contributed by atoms with van der Waals surface area (Å²) in [6.45, 7) is -2.56. The molecular formula is C57H88O34. The van der Waals surface area contributed by atoms with Crippen LogP contribution in [0.25, 0.3) is 0 Å². The van der Waals surface area contributed by atoms with Crippen LogP contribution in [0.15, 0.2) is 24.3 Å². The monoisotopic (exact) mass is 1320 g/mol. The second-order valence-electron chi connectivity index (χ2n) is 25.4. The molecule has 0 amide bonds. The molecule has 9 aliphatic rings. The third-order valence-electron chi connectivity index (χ3n) is 19.2. The number of aliphatic hydroxyl groups excluding tert-OH is 19. The van der Waals surface area contributed by atoms with Gasteiger partial charge in [-0.1, -0.05) is 12.2 Å². The summed E-state index contributed by atoms with van der Waals surface area (Å²) >= 11 is 0. The van der Waals surface area contributed by atoms with Gasteiger partial charge in [-0.25, -0.2) is 14.4 Å². The maximum absolute atomic E-state index is 13.4. The summed E-state index contributed by atoms with van der Waals surface area (Å²) in [5, 5.41) is 216. The molecule has 5 heterocycles. The van der Waals surface area contributed by atoms with E-state index < -0.39 is 252 Å². The highest BCUT2D eigenvalue weighted by Crippen LogP contribution is 2.46. The third-order valence-corrected chi connectivity index (χ3v) is 19.2. The van der Waals surface area contributed by atoms with Crippen LogP contribution in [-0.4, -0.2) is 336 Å². The Morgan fingerprint density at radius 2 is 0.945 bits per heavy atom. The standard InChI is InChI=1S/C57H88O34/c58-16-33-40(70)45(75)52(91-57-51(44(74)39(69)34(17-59)87-57)89-37(67)8-4-20-2-6-25(61)28(64)10-20)56(86-33)85-32-15-23-26(62)13-22(82-54-47(77)42(72)41(71)35(88-54)18-81-36(66)7-3-19-1-5-24(60)27(63)9-19)14-30(23)83-49(32)21-11-29(65)38(68)31(12-21)84-55-48(78)43(73)46(76)50(90-55)53(79)80/h3-4,7-8,19-35,38-52,54-65,68-78H,1-2,5-6,9-18H2,(H,79,80). The highest BCUT2D eigenvalue weighted by Gasteiger charge is 2.58. The Bertz CT molecular complexity index is 2430. The Morgan fingerprint density at radius 1 is 0.418 bits per heavy atom. The molecule has 0 radical (unpaired) electrons.